The van der Waals surface area contributed by atoms with Crippen molar-refractivity contribution in [2.45, 2.75) is 32.0 Å². The van der Waals surface area contributed by atoms with Crippen molar-refractivity contribution in [3.05, 3.63) is 34.6 Å². The van der Waals surface area contributed by atoms with Crippen molar-refractivity contribution < 1.29 is 4.39 Å². The van der Waals surface area contributed by atoms with Crippen molar-refractivity contribution in [2.24, 2.45) is 5.73 Å². The van der Waals surface area contributed by atoms with Gasteiger partial charge in [-0.25, -0.2) is 4.39 Å². The summed E-state index contributed by atoms with van der Waals surface area (Å²) in [6, 6.07) is 5.87. The monoisotopic (exact) mass is 299 g/mol. The van der Waals surface area contributed by atoms with Crippen LogP contribution in [0.4, 0.5) is 4.39 Å². The van der Waals surface area contributed by atoms with Crippen LogP contribution >= 0.6 is 11.6 Å². The Hall–Kier alpha value is -0.680. The predicted molar refractivity (Wildman–Crippen MR) is 81.5 cm³/mol. The molecule has 2 N–H and O–H groups in total. The number of piperazine rings is 1. The summed E-state index contributed by atoms with van der Waals surface area (Å²) in [4.78, 5) is 4.61. The van der Waals surface area contributed by atoms with Gasteiger partial charge in [-0.15, -0.1) is 0 Å². The van der Waals surface area contributed by atoms with Crippen LogP contribution in [0.3, 0.4) is 0 Å². The van der Waals surface area contributed by atoms with Gasteiger partial charge in [0.05, 0.1) is 11.1 Å². The molecule has 3 atom stereocenters. The third-order valence-corrected chi connectivity index (χ3v) is 4.68. The van der Waals surface area contributed by atoms with Crippen LogP contribution in [-0.2, 0) is 0 Å². The van der Waals surface area contributed by atoms with Crippen LogP contribution < -0.4 is 5.73 Å². The molecule has 1 aromatic carbocycles. The lowest BCUT2D eigenvalue weighted by atomic mass is 10.0. The van der Waals surface area contributed by atoms with Gasteiger partial charge in [-0.1, -0.05) is 23.7 Å². The van der Waals surface area contributed by atoms with Crippen molar-refractivity contribution in [2.75, 3.05) is 26.7 Å². The van der Waals surface area contributed by atoms with E-state index in [-0.39, 0.29) is 16.9 Å². The minimum atomic E-state index is -0.344. The van der Waals surface area contributed by atoms with E-state index in [4.69, 9.17) is 17.3 Å². The zero-order valence-electron chi connectivity index (χ0n) is 12.3. The molecule has 0 radical (unpaired) electrons. The van der Waals surface area contributed by atoms with E-state index in [0.717, 1.165) is 13.1 Å². The van der Waals surface area contributed by atoms with Crippen LogP contribution in [0.1, 0.15) is 25.5 Å². The van der Waals surface area contributed by atoms with Crippen LogP contribution in [0.25, 0.3) is 0 Å². The van der Waals surface area contributed by atoms with Gasteiger partial charge >= 0.3 is 0 Å². The lowest BCUT2D eigenvalue weighted by molar-refractivity contribution is 0.0343. The summed E-state index contributed by atoms with van der Waals surface area (Å²) in [6.07, 6.45) is 0. The maximum absolute atomic E-state index is 14.2. The molecule has 3 nitrogen and oxygen atoms in total. The van der Waals surface area contributed by atoms with Gasteiger partial charge in [-0.05, 0) is 27.0 Å². The highest BCUT2D eigenvalue weighted by atomic mass is 35.5. The van der Waals surface area contributed by atoms with Crippen molar-refractivity contribution in [3.8, 4) is 0 Å². The van der Waals surface area contributed by atoms with Gasteiger partial charge in [-0.2, -0.15) is 0 Å². The molecular formula is C15H23ClFN3. The van der Waals surface area contributed by atoms with Gasteiger partial charge in [0.25, 0.3) is 0 Å². The summed E-state index contributed by atoms with van der Waals surface area (Å²) in [5.74, 6) is -0.344. The lowest BCUT2D eigenvalue weighted by Crippen LogP contribution is -2.56. The molecule has 0 saturated carbocycles. The molecular weight excluding hydrogens is 277 g/mol. The standard InChI is InChI=1S/C15H23ClFN3/c1-10-8-20(9-11(2)19(10)3)14(7-18)12-5-4-6-13(16)15(12)17/h4-6,10-11,14H,7-9,18H2,1-3H3. The molecule has 1 heterocycles. The molecule has 3 unspecified atom stereocenters. The van der Waals surface area contributed by atoms with E-state index in [1.54, 1.807) is 18.2 Å². The van der Waals surface area contributed by atoms with E-state index < -0.39 is 0 Å². The summed E-state index contributed by atoms with van der Waals surface area (Å²) in [7, 11) is 2.13. The number of halogens is 2. The van der Waals surface area contributed by atoms with E-state index >= 15 is 0 Å². The van der Waals surface area contributed by atoms with Crippen LogP contribution in [0.15, 0.2) is 18.2 Å². The maximum Gasteiger partial charge on any atom is 0.146 e. The van der Waals surface area contributed by atoms with Crippen molar-refractivity contribution in [1.29, 1.82) is 0 Å². The molecule has 5 heteroatoms. The maximum atomic E-state index is 14.2. The molecule has 112 valence electrons. The van der Waals surface area contributed by atoms with Gasteiger partial charge in [0.15, 0.2) is 0 Å². The van der Waals surface area contributed by atoms with Gasteiger partial charge < -0.3 is 5.73 Å². The minimum absolute atomic E-state index is 0.118. The Morgan fingerprint density at radius 2 is 1.95 bits per heavy atom. The topological polar surface area (TPSA) is 32.5 Å². The zero-order valence-corrected chi connectivity index (χ0v) is 13.1. The SMILES string of the molecule is CC1CN(C(CN)c2cccc(Cl)c2F)CC(C)N1C. The summed E-state index contributed by atoms with van der Waals surface area (Å²) in [5, 5.41) is 0.163. The number of hydrogen-bond donors (Lipinski definition) is 1. The van der Waals surface area contributed by atoms with Gasteiger partial charge in [0.2, 0.25) is 0 Å². The van der Waals surface area contributed by atoms with Crippen LogP contribution in [0.2, 0.25) is 5.02 Å². The molecule has 0 spiro atoms. The Balaban J connectivity index is 2.26. The summed E-state index contributed by atoms with van der Waals surface area (Å²) in [6.45, 7) is 6.53. The largest absolute Gasteiger partial charge is 0.329 e. The van der Waals surface area contributed by atoms with Crippen LogP contribution in [-0.4, -0.2) is 48.6 Å². The molecule has 1 saturated heterocycles. The number of likely N-dealkylation sites (N-methyl/N-ethyl adjacent to an activating group) is 1. The molecule has 2 rings (SSSR count). The normalized spacial score (nSPS) is 26.7. The molecule has 0 aliphatic carbocycles. The summed E-state index contributed by atoms with van der Waals surface area (Å²) >= 11 is 5.89. The third kappa shape index (κ3) is 2.98. The first-order chi connectivity index (χ1) is 9.45. The van der Waals surface area contributed by atoms with Crippen molar-refractivity contribution in [3.63, 3.8) is 0 Å². The average molecular weight is 300 g/mol. The Morgan fingerprint density at radius 3 is 2.50 bits per heavy atom. The lowest BCUT2D eigenvalue weighted by Gasteiger charge is -2.45. The molecule has 1 fully saturated rings. The molecule has 1 aromatic rings. The Kier molecular flexibility index (Phi) is 5.02. The Morgan fingerprint density at radius 1 is 1.35 bits per heavy atom. The molecule has 0 amide bonds. The fourth-order valence-corrected chi connectivity index (χ4v) is 3.13. The third-order valence-electron chi connectivity index (χ3n) is 4.39. The average Bonchev–Trinajstić information content (AvgIpc) is 2.41. The molecule has 0 bridgehead atoms. The van der Waals surface area contributed by atoms with E-state index in [1.165, 1.54) is 0 Å². The molecule has 0 aromatic heterocycles. The van der Waals surface area contributed by atoms with E-state index in [1.807, 2.05) is 0 Å². The van der Waals surface area contributed by atoms with Crippen LogP contribution in [0.5, 0.6) is 0 Å². The highest BCUT2D eigenvalue weighted by molar-refractivity contribution is 6.30. The predicted octanol–water partition coefficient (Wildman–Crippen LogP) is 2.50. The molecule has 1 aliphatic rings. The zero-order chi connectivity index (χ0) is 14.9. The molecule has 20 heavy (non-hydrogen) atoms. The summed E-state index contributed by atoms with van der Waals surface area (Å²) < 4.78 is 14.2. The Bertz CT molecular complexity index is 456. The second kappa shape index (κ2) is 6.39. The van der Waals surface area contributed by atoms with E-state index in [2.05, 4.69) is 30.7 Å². The Labute approximate surface area is 125 Å². The second-order valence-electron chi connectivity index (χ2n) is 5.71. The molecule has 1 aliphatic heterocycles. The number of nitrogens with zero attached hydrogens (tertiary/aromatic N) is 2. The fourth-order valence-electron chi connectivity index (χ4n) is 2.95. The van der Waals surface area contributed by atoms with Gasteiger partial charge in [0, 0.05) is 37.3 Å². The number of hydrogen-bond acceptors (Lipinski definition) is 3. The fraction of sp³-hybridized carbons (Fsp3) is 0.600. The smallest absolute Gasteiger partial charge is 0.146 e. The van der Waals surface area contributed by atoms with Gasteiger partial charge in [-0.3, -0.25) is 9.80 Å². The quantitative estimate of drug-likeness (QED) is 0.931. The number of nitrogens with two attached hydrogens (primary N) is 1. The van der Waals surface area contributed by atoms with Gasteiger partial charge in [0.1, 0.15) is 5.82 Å². The number of rotatable bonds is 3. The second-order valence-corrected chi connectivity index (χ2v) is 6.12. The number of benzene rings is 1. The first-order valence-electron chi connectivity index (χ1n) is 7.05. The van der Waals surface area contributed by atoms with Crippen LogP contribution in [0, 0.1) is 5.82 Å². The first kappa shape index (κ1) is 15.7. The summed E-state index contributed by atoms with van der Waals surface area (Å²) in [5.41, 5.74) is 6.52. The highest BCUT2D eigenvalue weighted by Crippen LogP contribution is 2.29. The van der Waals surface area contributed by atoms with E-state index in [0.29, 0.717) is 24.2 Å². The van der Waals surface area contributed by atoms with E-state index in [9.17, 15) is 4.39 Å². The van der Waals surface area contributed by atoms with Crippen molar-refractivity contribution in [1.82, 2.24) is 9.80 Å². The highest BCUT2D eigenvalue weighted by Gasteiger charge is 2.32. The minimum Gasteiger partial charge on any atom is -0.329 e. The van der Waals surface area contributed by atoms with Crippen molar-refractivity contribution >= 4 is 11.6 Å². The first-order valence-corrected chi connectivity index (χ1v) is 7.43.